The van der Waals surface area contributed by atoms with Gasteiger partial charge in [-0.3, -0.25) is 0 Å². The first-order chi connectivity index (χ1) is 4.91. The largest absolute Gasteiger partial charge is 0.215 e. The second kappa shape index (κ2) is 2.73. The summed E-state index contributed by atoms with van der Waals surface area (Å²) in [5.41, 5.74) is 0.0567. The minimum atomic E-state index is 0.0567. The van der Waals surface area contributed by atoms with Gasteiger partial charge in [0.15, 0.2) is 5.82 Å². The van der Waals surface area contributed by atoms with Crippen molar-refractivity contribution in [2.45, 2.75) is 33.1 Å². The van der Waals surface area contributed by atoms with Crippen LogP contribution in [0.1, 0.15) is 32.4 Å². The zero-order valence-corrected chi connectivity index (χ0v) is 9.38. The third-order valence-electron chi connectivity index (χ3n) is 1.39. The van der Waals surface area contributed by atoms with Crippen LogP contribution in [0.25, 0.3) is 0 Å². The number of aryl methyl sites for hydroxylation is 1. The molecule has 11 heavy (non-hydrogen) atoms. The Labute approximate surface area is 80.7 Å². The number of hydrogen-bond acceptors (Lipinski definition) is 2. The monoisotopic (exact) mass is 265 g/mol. The lowest BCUT2D eigenvalue weighted by Crippen LogP contribution is -2.13. The van der Waals surface area contributed by atoms with Crippen molar-refractivity contribution >= 4 is 22.9 Å². The van der Waals surface area contributed by atoms with Crippen molar-refractivity contribution in [2.24, 2.45) is 0 Å². The van der Waals surface area contributed by atoms with Crippen LogP contribution in [0.5, 0.6) is 0 Å². The molecule has 1 aromatic heterocycles. The Bertz CT molecular complexity index is 240. The van der Waals surface area contributed by atoms with E-state index in [1.165, 1.54) is 0 Å². The summed E-state index contributed by atoms with van der Waals surface area (Å²) in [5, 5.41) is 4.27. The van der Waals surface area contributed by atoms with Crippen LogP contribution in [0.15, 0.2) is 0 Å². The molecule has 0 aliphatic rings. The number of hydrogen-bond donors (Lipinski definition) is 0. The highest BCUT2D eigenvalue weighted by Crippen LogP contribution is 2.18. The molecule has 0 unspecified atom stereocenters. The minimum absolute atomic E-state index is 0.0567. The molecule has 0 fully saturated rings. The van der Waals surface area contributed by atoms with E-state index in [1.54, 1.807) is 2.90 Å². The summed E-state index contributed by atoms with van der Waals surface area (Å²) in [4.78, 5) is 4.33. The molecule has 62 valence electrons. The Morgan fingerprint density at radius 2 is 1.91 bits per heavy atom. The molecule has 0 radical (unpaired) electrons. The lowest BCUT2D eigenvalue weighted by Gasteiger charge is -2.11. The average molecular weight is 265 g/mol. The number of halogens is 1. The van der Waals surface area contributed by atoms with Gasteiger partial charge in [0.25, 0.3) is 0 Å². The van der Waals surface area contributed by atoms with Crippen molar-refractivity contribution in [1.29, 1.82) is 0 Å². The van der Waals surface area contributed by atoms with Crippen LogP contribution < -0.4 is 0 Å². The van der Waals surface area contributed by atoms with E-state index < -0.39 is 0 Å². The minimum Gasteiger partial charge on any atom is -0.215 e. The SMILES string of the molecule is Cc1nc(C(C)(C)C)nn1I. The molecular weight excluding hydrogens is 253 g/mol. The third-order valence-corrected chi connectivity index (χ3v) is 2.30. The molecule has 0 amide bonds. The van der Waals surface area contributed by atoms with E-state index in [0.717, 1.165) is 11.6 Å². The van der Waals surface area contributed by atoms with Gasteiger partial charge >= 0.3 is 0 Å². The molecule has 1 heterocycles. The van der Waals surface area contributed by atoms with Gasteiger partial charge in [0.05, 0.1) is 22.9 Å². The van der Waals surface area contributed by atoms with Crippen LogP contribution in [-0.2, 0) is 5.41 Å². The first-order valence-electron chi connectivity index (χ1n) is 3.51. The summed E-state index contributed by atoms with van der Waals surface area (Å²) in [6.07, 6.45) is 0. The first-order valence-corrected chi connectivity index (χ1v) is 4.48. The maximum atomic E-state index is 4.33. The fourth-order valence-corrected chi connectivity index (χ4v) is 1.00. The summed E-state index contributed by atoms with van der Waals surface area (Å²) in [5.74, 6) is 1.86. The molecule has 0 saturated carbocycles. The van der Waals surface area contributed by atoms with Crippen molar-refractivity contribution in [2.75, 3.05) is 0 Å². The molecule has 0 atom stereocenters. The van der Waals surface area contributed by atoms with Gasteiger partial charge in [-0.2, -0.15) is 2.90 Å². The highest BCUT2D eigenvalue weighted by atomic mass is 127. The van der Waals surface area contributed by atoms with E-state index in [9.17, 15) is 0 Å². The smallest absolute Gasteiger partial charge is 0.157 e. The van der Waals surface area contributed by atoms with Crippen molar-refractivity contribution in [3.8, 4) is 0 Å². The lowest BCUT2D eigenvalue weighted by molar-refractivity contribution is 0.547. The van der Waals surface area contributed by atoms with Gasteiger partial charge in [-0.1, -0.05) is 20.8 Å². The van der Waals surface area contributed by atoms with E-state index in [-0.39, 0.29) is 5.41 Å². The predicted octanol–water partition coefficient (Wildman–Crippen LogP) is 2.08. The summed E-state index contributed by atoms with van der Waals surface area (Å²) < 4.78 is 1.78. The van der Waals surface area contributed by atoms with Crippen LogP contribution in [0, 0.1) is 6.92 Å². The average Bonchev–Trinajstić information content (AvgIpc) is 2.11. The molecule has 4 heteroatoms. The molecule has 0 N–H and O–H groups in total. The summed E-state index contributed by atoms with van der Waals surface area (Å²) >= 11 is 2.13. The first kappa shape index (κ1) is 8.96. The molecule has 0 aromatic carbocycles. The maximum Gasteiger partial charge on any atom is 0.157 e. The number of nitrogens with zero attached hydrogens (tertiary/aromatic N) is 3. The topological polar surface area (TPSA) is 30.7 Å². The molecular formula is C7H12IN3. The van der Waals surface area contributed by atoms with Crippen molar-refractivity contribution in [3.05, 3.63) is 11.6 Å². The second-order valence-corrected chi connectivity index (χ2v) is 4.51. The number of rotatable bonds is 0. The van der Waals surface area contributed by atoms with Gasteiger partial charge in [-0.15, -0.1) is 5.10 Å². The van der Waals surface area contributed by atoms with Crippen molar-refractivity contribution in [1.82, 2.24) is 13.0 Å². The fraction of sp³-hybridized carbons (Fsp3) is 0.714. The normalized spacial score (nSPS) is 12.1. The Kier molecular flexibility index (Phi) is 2.22. The Morgan fingerprint density at radius 1 is 1.36 bits per heavy atom. The highest BCUT2D eigenvalue weighted by Gasteiger charge is 2.19. The fourth-order valence-electron chi connectivity index (χ4n) is 0.690. The van der Waals surface area contributed by atoms with Gasteiger partial charge in [0.2, 0.25) is 0 Å². The van der Waals surface area contributed by atoms with Gasteiger partial charge < -0.3 is 0 Å². The van der Waals surface area contributed by atoms with Crippen LogP contribution in [-0.4, -0.2) is 13.0 Å². The van der Waals surface area contributed by atoms with Crippen molar-refractivity contribution < 1.29 is 0 Å². The standard InChI is InChI=1S/C7H12IN3/c1-5-9-6(7(2,3)4)10-11(5)8/h1-4H3. The molecule has 1 rings (SSSR count). The molecule has 0 saturated heterocycles. The second-order valence-electron chi connectivity index (χ2n) is 3.59. The molecule has 1 aromatic rings. The molecule has 0 aliphatic heterocycles. The summed E-state index contributed by atoms with van der Waals surface area (Å²) in [6, 6.07) is 0. The van der Waals surface area contributed by atoms with Gasteiger partial charge in [0, 0.05) is 5.41 Å². The summed E-state index contributed by atoms with van der Waals surface area (Å²) in [7, 11) is 0. The van der Waals surface area contributed by atoms with E-state index in [4.69, 9.17) is 0 Å². The van der Waals surface area contributed by atoms with Crippen molar-refractivity contribution in [3.63, 3.8) is 0 Å². The maximum absolute atomic E-state index is 4.33. The predicted molar refractivity (Wildman–Crippen MR) is 52.9 cm³/mol. The van der Waals surface area contributed by atoms with Gasteiger partial charge in [-0.05, 0) is 6.92 Å². The zero-order valence-electron chi connectivity index (χ0n) is 7.22. The quantitative estimate of drug-likeness (QED) is 0.672. The highest BCUT2D eigenvalue weighted by molar-refractivity contribution is 14.1. The van der Waals surface area contributed by atoms with Gasteiger partial charge in [0.1, 0.15) is 5.82 Å². The zero-order chi connectivity index (χ0) is 8.65. The molecule has 0 spiro atoms. The third kappa shape index (κ3) is 1.91. The summed E-state index contributed by atoms with van der Waals surface area (Å²) in [6.45, 7) is 8.28. The molecule has 3 nitrogen and oxygen atoms in total. The van der Waals surface area contributed by atoms with E-state index in [2.05, 4.69) is 53.7 Å². The van der Waals surface area contributed by atoms with Crippen LogP contribution in [0.3, 0.4) is 0 Å². The van der Waals surface area contributed by atoms with Crippen LogP contribution in [0.4, 0.5) is 0 Å². The lowest BCUT2D eigenvalue weighted by atomic mass is 9.96. The Morgan fingerprint density at radius 3 is 2.09 bits per heavy atom. The molecule has 0 bridgehead atoms. The Hall–Kier alpha value is -0.130. The van der Waals surface area contributed by atoms with Gasteiger partial charge in [-0.25, -0.2) is 4.98 Å². The van der Waals surface area contributed by atoms with Crippen LogP contribution >= 0.6 is 22.9 Å². The molecule has 0 aliphatic carbocycles. The van der Waals surface area contributed by atoms with Crippen LogP contribution in [0.2, 0.25) is 0 Å². The Balaban J connectivity index is 3.08. The number of aromatic nitrogens is 3. The van der Waals surface area contributed by atoms with E-state index >= 15 is 0 Å². The van der Waals surface area contributed by atoms with E-state index in [1.807, 2.05) is 6.92 Å². The van der Waals surface area contributed by atoms with E-state index in [0.29, 0.717) is 0 Å².